The van der Waals surface area contributed by atoms with E-state index in [4.69, 9.17) is 14.3 Å². The average Bonchev–Trinajstić information content (AvgIpc) is 2.85. The molecule has 0 fully saturated rings. The molecule has 0 unspecified atom stereocenters. The number of benzene rings is 1. The van der Waals surface area contributed by atoms with Crippen molar-refractivity contribution in [1.29, 1.82) is 0 Å². The van der Waals surface area contributed by atoms with E-state index in [1.807, 2.05) is 24.3 Å². The molecule has 0 amide bonds. The highest BCUT2D eigenvalue weighted by molar-refractivity contribution is 5.62. The predicted octanol–water partition coefficient (Wildman–Crippen LogP) is 2.63. The minimum Gasteiger partial charge on any atom is -0.459 e. The molecule has 1 aromatic carbocycles. The van der Waals surface area contributed by atoms with Crippen molar-refractivity contribution in [3.05, 3.63) is 47.7 Å². The highest BCUT2D eigenvalue weighted by Gasteiger charge is 2.08. The van der Waals surface area contributed by atoms with E-state index in [0.717, 1.165) is 17.7 Å². The Bertz CT molecular complexity index is 474. The predicted molar refractivity (Wildman–Crippen MR) is 65.6 cm³/mol. The molecule has 0 aliphatic rings. The van der Waals surface area contributed by atoms with E-state index >= 15 is 0 Å². The van der Waals surface area contributed by atoms with Crippen LogP contribution < -0.4 is 0 Å². The van der Waals surface area contributed by atoms with E-state index in [1.54, 1.807) is 13.2 Å². The molecule has 0 radical (unpaired) electrons. The van der Waals surface area contributed by atoms with Gasteiger partial charge in [0, 0.05) is 12.7 Å². The van der Waals surface area contributed by atoms with E-state index in [9.17, 15) is 0 Å². The number of aliphatic hydroxyl groups excluding tert-OH is 1. The molecule has 0 saturated heterocycles. The van der Waals surface area contributed by atoms with E-state index in [1.165, 1.54) is 5.56 Å². The summed E-state index contributed by atoms with van der Waals surface area (Å²) in [5.74, 6) is 1.38. The largest absolute Gasteiger partial charge is 0.459 e. The van der Waals surface area contributed by atoms with Crippen LogP contribution in [0.5, 0.6) is 0 Å². The molecule has 3 heteroatoms. The molecule has 17 heavy (non-hydrogen) atoms. The van der Waals surface area contributed by atoms with Gasteiger partial charge in [0.25, 0.3) is 0 Å². The first-order valence-electron chi connectivity index (χ1n) is 5.62. The lowest BCUT2D eigenvalue weighted by molar-refractivity contribution is 0.202. The van der Waals surface area contributed by atoms with Crippen molar-refractivity contribution >= 4 is 0 Å². The van der Waals surface area contributed by atoms with Gasteiger partial charge in [-0.15, -0.1) is 0 Å². The van der Waals surface area contributed by atoms with Gasteiger partial charge >= 0.3 is 0 Å². The summed E-state index contributed by atoms with van der Waals surface area (Å²) in [6.45, 7) is 0.616. The summed E-state index contributed by atoms with van der Waals surface area (Å²) in [6.07, 6.45) is 0.849. The third-order valence-corrected chi connectivity index (χ3v) is 2.68. The number of rotatable bonds is 5. The molecule has 1 N–H and O–H groups in total. The second-order valence-corrected chi connectivity index (χ2v) is 3.82. The van der Waals surface area contributed by atoms with Crippen LogP contribution in [0.4, 0.5) is 0 Å². The van der Waals surface area contributed by atoms with Gasteiger partial charge in [-0.1, -0.05) is 24.3 Å². The number of methoxy groups -OCH3 is 1. The van der Waals surface area contributed by atoms with Crippen molar-refractivity contribution in [3.8, 4) is 11.3 Å². The second kappa shape index (κ2) is 5.66. The normalized spacial score (nSPS) is 10.7. The van der Waals surface area contributed by atoms with Gasteiger partial charge in [-0.2, -0.15) is 0 Å². The van der Waals surface area contributed by atoms with Crippen LogP contribution in [0.1, 0.15) is 11.3 Å². The van der Waals surface area contributed by atoms with Crippen LogP contribution in [0.25, 0.3) is 11.3 Å². The number of hydrogen-bond donors (Lipinski definition) is 1. The quantitative estimate of drug-likeness (QED) is 0.861. The van der Waals surface area contributed by atoms with Gasteiger partial charge in [0.05, 0.1) is 6.61 Å². The van der Waals surface area contributed by atoms with E-state index in [0.29, 0.717) is 12.4 Å². The van der Waals surface area contributed by atoms with Gasteiger partial charge in [-0.05, 0) is 24.1 Å². The highest BCUT2D eigenvalue weighted by Crippen LogP contribution is 2.26. The standard InChI is InChI=1S/C14H16O3/c1-16-9-8-11-4-2-3-5-13(11)14-7-6-12(10-15)17-14/h2-7,15H,8-10H2,1H3. The highest BCUT2D eigenvalue weighted by atomic mass is 16.5. The SMILES string of the molecule is COCCc1ccccc1-c1ccc(CO)o1. The molecule has 2 aromatic rings. The van der Waals surface area contributed by atoms with Gasteiger partial charge in [-0.25, -0.2) is 0 Å². The van der Waals surface area contributed by atoms with Crippen molar-refractivity contribution < 1.29 is 14.3 Å². The molecule has 0 spiro atoms. The fraction of sp³-hybridized carbons (Fsp3) is 0.286. The summed E-state index contributed by atoms with van der Waals surface area (Å²) < 4.78 is 10.6. The number of furan rings is 1. The Morgan fingerprint density at radius 1 is 1.18 bits per heavy atom. The smallest absolute Gasteiger partial charge is 0.134 e. The number of ether oxygens (including phenoxy) is 1. The Labute approximate surface area is 101 Å². The first-order valence-corrected chi connectivity index (χ1v) is 5.62. The number of hydrogen-bond acceptors (Lipinski definition) is 3. The van der Waals surface area contributed by atoms with Gasteiger partial charge in [0.2, 0.25) is 0 Å². The lowest BCUT2D eigenvalue weighted by Crippen LogP contribution is -1.96. The van der Waals surface area contributed by atoms with Crippen LogP contribution in [0.15, 0.2) is 40.8 Å². The van der Waals surface area contributed by atoms with Crippen molar-refractivity contribution in [2.24, 2.45) is 0 Å². The van der Waals surface area contributed by atoms with Crippen molar-refractivity contribution in [1.82, 2.24) is 0 Å². The molecule has 0 atom stereocenters. The molecule has 0 saturated carbocycles. The zero-order valence-corrected chi connectivity index (χ0v) is 9.85. The third kappa shape index (κ3) is 2.75. The lowest BCUT2D eigenvalue weighted by atomic mass is 10.0. The van der Waals surface area contributed by atoms with E-state index < -0.39 is 0 Å². The Morgan fingerprint density at radius 2 is 2.00 bits per heavy atom. The van der Waals surface area contributed by atoms with Crippen molar-refractivity contribution in [2.75, 3.05) is 13.7 Å². The molecule has 1 aromatic heterocycles. The zero-order valence-electron chi connectivity index (χ0n) is 9.85. The van der Waals surface area contributed by atoms with Crippen LogP contribution in [-0.2, 0) is 17.8 Å². The van der Waals surface area contributed by atoms with Gasteiger partial charge < -0.3 is 14.3 Å². The summed E-state index contributed by atoms with van der Waals surface area (Å²) in [6, 6.07) is 11.7. The molecule has 1 heterocycles. The van der Waals surface area contributed by atoms with Crippen LogP contribution in [0.2, 0.25) is 0 Å². The maximum atomic E-state index is 8.99. The van der Waals surface area contributed by atoms with Crippen molar-refractivity contribution in [3.63, 3.8) is 0 Å². The molecule has 3 nitrogen and oxygen atoms in total. The molecule has 0 bridgehead atoms. The summed E-state index contributed by atoms with van der Waals surface area (Å²) in [5, 5.41) is 8.99. The molecular formula is C14H16O3. The van der Waals surface area contributed by atoms with Gasteiger partial charge in [0.15, 0.2) is 0 Å². The maximum absolute atomic E-state index is 8.99. The van der Waals surface area contributed by atoms with Crippen LogP contribution in [-0.4, -0.2) is 18.8 Å². The summed E-state index contributed by atoms with van der Waals surface area (Å²) >= 11 is 0. The maximum Gasteiger partial charge on any atom is 0.134 e. The number of aliphatic hydroxyl groups is 1. The summed E-state index contributed by atoms with van der Waals surface area (Å²) in [5.41, 5.74) is 2.25. The monoisotopic (exact) mass is 232 g/mol. The molecule has 90 valence electrons. The van der Waals surface area contributed by atoms with Gasteiger partial charge in [0.1, 0.15) is 18.1 Å². The first kappa shape index (κ1) is 11.9. The molecule has 0 aliphatic heterocycles. The summed E-state index contributed by atoms with van der Waals surface area (Å²) in [4.78, 5) is 0. The fourth-order valence-electron chi connectivity index (χ4n) is 1.80. The zero-order chi connectivity index (χ0) is 12.1. The molecule has 2 rings (SSSR count). The Balaban J connectivity index is 2.30. The molecule has 0 aliphatic carbocycles. The Morgan fingerprint density at radius 3 is 2.71 bits per heavy atom. The van der Waals surface area contributed by atoms with Crippen molar-refractivity contribution in [2.45, 2.75) is 13.0 Å². The third-order valence-electron chi connectivity index (χ3n) is 2.68. The van der Waals surface area contributed by atoms with Crippen LogP contribution >= 0.6 is 0 Å². The van der Waals surface area contributed by atoms with Gasteiger partial charge in [-0.3, -0.25) is 0 Å². The molecular weight excluding hydrogens is 216 g/mol. The fourth-order valence-corrected chi connectivity index (χ4v) is 1.80. The Hall–Kier alpha value is -1.58. The van der Waals surface area contributed by atoms with E-state index in [2.05, 4.69) is 6.07 Å². The van der Waals surface area contributed by atoms with Crippen LogP contribution in [0, 0.1) is 0 Å². The lowest BCUT2D eigenvalue weighted by Gasteiger charge is -2.06. The average molecular weight is 232 g/mol. The second-order valence-electron chi connectivity index (χ2n) is 3.82. The Kier molecular flexibility index (Phi) is 3.96. The minimum atomic E-state index is -0.0692. The minimum absolute atomic E-state index is 0.0692. The summed E-state index contributed by atoms with van der Waals surface area (Å²) in [7, 11) is 1.69. The first-order chi connectivity index (χ1) is 8.35. The van der Waals surface area contributed by atoms with Crippen LogP contribution in [0.3, 0.4) is 0 Å². The topological polar surface area (TPSA) is 42.6 Å². The van der Waals surface area contributed by atoms with E-state index in [-0.39, 0.29) is 6.61 Å².